The summed E-state index contributed by atoms with van der Waals surface area (Å²) in [5.41, 5.74) is 0. The fraction of sp³-hybridized carbons (Fsp3) is 1.00. The number of rotatable bonds is 2. The van der Waals surface area contributed by atoms with E-state index in [2.05, 4.69) is 24.5 Å². The fourth-order valence-electron chi connectivity index (χ4n) is 2.05. The van der Waals surface area contributed by atoms with Crippen molar-refractivity contribution in [2.24, 2.45) is 11.8 Å². The lowest BCUT2D eigenvalue weighted by molar-refractivity contribution is 0.514. The van der Waals surface area contributed by atoms with Crippen molar-refractivity contribution in [2.45, 2.75) is 25.9 Å². The minimum absolute atomic E-state index is 0.663. The molecule has 2 fully saturated rings. The maximum absolute atomic E-state index is 3.58. The second-order valence-electron chi connectivity index (χ2n) is 3.83. The molecule has 2 rings (SSSR count). The minimum atomic E-state index is 0.663. The number of fused-ring (bicyclic) bond motifs is 1. The number of hydrogen-bond acceptors (Lipinski definition) is 2. The van der Waals surface area contributed by atoms with Crippen molar-refractivity contribution in [2.75, 3.05) is 13.1 Å². The molecule has 0 radical (unpaired) electrons. The molecule has 2 aliphatic rings. The standard InChI is InChI=1S/C8H16N2/c1-5(2)10-8-6-3-9-4-7(6)8/h5-10H,3-4H2,1-2H3. The first-order valence-electron chi connectivity index (χ1n) is 4.26. The second-order valence-corrected chi connectivity index (χ2v) is 3.83. The molecular formula is C8H16N2. The van der Waals surface area contributed by atoms with Gasteiger partial charge in [-0.25, -0.2) is 0 Å². The van der Waals surface area contributed by atoms with Crippen LogP contribution < -0.4 is 10.6 Å². The Morgan fingerprint density at radius 2 is 1.90 bits per heavy atom. The molecule has 0 spiro atoms. The van der Waals surface area contributed by atoms with E-state index in [1.807, 2.05) is 0 Å². The molecule has 1 saturated heterocycles. The Morgan fingerprint density at radius 1 is 1.30 bits per heavy atom. The lowest BCUT2D eigenvalue weighted by atomic mass is 10.3. The molecule has 2 nitrogen and oxygen atoms in total. The molecule has 2 atom stereocenters. The van der Waals surface area contributed by atoms with Gasteiger partial charge in [-0.1, -0.05) is 13.8 Å². The van der Waals surface area contributed by atoms with Gasteiger partial charge in [0, 0.05) is 12.1 Å². The Morgan fingerprint density at radius 3 is 2.40 bits per heavy atom. The van der Waals surface area contributed by atoms with Crippen molar-refractivity contribution in [3.63, 3.8) is 0 Å². The van der Waals surface area contributed by atoms with Gasteiger partial charge in [0.05, 0.1) is 0 Å². The van der Waals surface area contributed by atoms with Crippen LogP contribution in [0, 0.1) is 11.8 Å². The summed E-state index contributed by atoms with van der Waals surface area (Å²) in [6.07, 6.45) is 0. The van der Waals surface area contributed by atoms with Gasteiger partial charge in [-0.15, -0.1) is 0 Å². The van der Waals surface area contributed by atoms with Gasteiger partial charge in [0.1, 0.15) is 0 Å². The highest BCUT2D eigenvalue weighted by molar-refractivity contribution is 5.09. The van der Waals surface area contributed by atoms with E-state index < -0.39 is 0 Å². The van der Waals surface area contributed by atoms with Gasteiger partial charge in [-0.05, 0) is 24.9 Å². The first kappa shape index (κ1) is 6.62. The summed E-state index contributed by atoms with van der Waals surface area (Å²) in [5.74, 6) is 1.92. The molecule has 0 amide bonds. The van der Waals surface area contributed by atoms with E-state index in [9.17, 15) is 0 Å². The van der Waals surface area contributed by atoms with E-state index in [-0.39, 0.29) is 0 Å². The van der Waals surface area contributed by atoms with Crippen LogP contribution in [-0.4, -0.2) is 25.2 Å². The normalized spacial score (nSPS) is 44.1. The van der Waals surface area contributed by atoms with Crippen LogP contribution in [-0.2, 0) is 0 Å². The van der Waals surface area contributed by atoms with Crippen LogP contribution in [0.25, 0.3) is 0 Å². The van der Waals surface area contributed by atoms with Crippen molar-refractivity contribution in [1.29, 1.82) is 0 Å². The molecule has 1 saturated carbocycles. The van der Waals surface area contributed by atoms with Gasteiger partial charge in [0.2, 0.25) is 0 Å². The monoisotopic (exact) mass is 140 g/mol. The fourth-order valence-corrected chi connectivity index (χ4v) is 2.05. The highest BCUT2D eigenvalue weighted by Crippen LogP contribution is 2.41. The van der Waals surface area contributed by atoms with Crippen molar-refractivity contribution in [3.05, 3.63) is 0 Å². The Balaban J connectivity index is 1.79. The third-order valence-corrected chi connectivity index (χ3v) is 2.62. The van der Waals surface area contributed by atoms with Crippen LogP contribution in [0.15, 0.2) is 0 Å². The van der Waals surface area contributed by atoms with Crippen LogP contribution in [0.5, 0.6) is 0 Å². The average molecular weight is 140 g/mol. The lowest BCUT2D eigenvalue weighted by Crippen LogP contribution is -2.32. The Labute approximate surface area is 62.4 Å². The lowest BCUT2D eigenvalue weighted by Gasteiger charge is -2.09. The highest BCUT2D eigenvalue weighted by Gasteiger charge is 2.52. The smallest absolute Gasteiger partial charge is 0.0158 e. The predicted molar refractivity (Wildman–Crippen MR) is 41.9 cm³/mol. The molecule has 58 valence electrons. The second kappa shape index (κ2) is 2.21. The molecule has 0 aromatic carbocycles. The molecular weight excluding hydrogens is 124 g/mol. The van der Waals surface area contributed by atoms with Crippen molar-refractivity contribution in [1.82, 2.24) is 10.6 Å². The van der Waals surface area contributed by atoms with Crippen LogP contribution in [0.2, 0.25) is 0 Å². The van der Waals surface area contributed by atoms with E-state index in [0.717, 1.165) is 17.9 Å². The van der Waals surface area contributed by atoms with Gasteiger partial charge in [0.25, 0.3) is 0 Å². The third-order valence-electron chi connectivity index (χ3n) is 2.62. The quantitative estimate of drug-likeness (QED) is 0.572. The van der Waals surface area contributed by atoms with E-state index in [0.29, 0.717) is 6.04 Å². The summed E-state index contributed by atoms with van der Waals surface area (Å²) in [5, 5.41) is 6.96. The molecule has 0 aromatic rings. The summed E-state index contributed by atoms with van der Waals surface area (Å²) in [4.78, 5) is 0. The van der Waals surface area contributed by atoms with Gasteiger partial charge in [0.15, 0.2) is 0 Å². The van der Waals surface area contributed by atoms with Crippen LogP contribution >= 0.6 is 0 Å². The van der Waals surface area contributed by atoms with Crippen LogP contribution in [0.4, 0.5) is 0 Å². The minimum Gasteiger partial charge on any atom is -0.316 e. The summed E-state index contributed by atoms with van der Waals surface area (Å²) in [6, 6.07) is 1.51. The van der Waals surface area contributed by atoms with Crippen molar-refractivity contribution < 1.29 is 0 Å². The van der Waals surface area contributed by atoms with E-state index in [1.54, 1.807) is 0 Å². The SMILES string of the molecule is CC(C)NC1C2CNCC21. The largest absolute Gasteiger partial charge is 0.316 e. The molecule has 2 unspecified atom stereocenters. The van der Waals surface area contributed by atoms with Gasteiger partial charge >= 0.3 is 0 Å². The molecule has 0 bridgehead atoms. The molecule has 2 N–H and O–H groups in total. The topological polar surface area (TPSA) is 24.1 Å². The molecule has 1 aliphatic carbocycles. The summed E-state index contributed by atoms with van der Waals surface area (Å²) in [6.45, 7) is 6.94. The summed E-state index contributed by atoms with van der Waals surface area (Å²) < 4.78 is 0. The van der Waals surface area contributed by atoms with E-state index in [1.165, 1.54) is 13.1 Å². The first-order chi connectivity index (χ1) is 4.79. The van der Waals surface area contributed by atoms with Gasteiger partial charge in [-0.3, -0.25) is 0 Å². The van der Waals surface area contributed by atoms with Crippen LogP contribution in [0.1, 0.15) is 13.8 Å². The molecule has 2 heteroatoms. The average Bonchev–Trinajstić information content (AvgIpc) is 2.40. The van der Waals surface area contributed by atoms with Crippen molar-refractivity contribution in [3.8, 4) is 0 Å². The van der Waals surface area contributed by atoms with Gasteiger partial charge in [-0.2, -0.15) is 0 Å². The Bertz CT molecular complexity index is 123. The summed E-state index contributed by atoms with van der Waals surface area (Å²) >= 11 is 0. The number of nitrogens with one attached hydrogen (secondary N) is 2. The van der Waals surface area contributed by atoms with Gasteiger partial charge < -0.3 is 10.6 Å². The third kappa shape index (κ3) is 0.956. The molecule has 1 heterocycles. The summed E-state index contributed by atoms with van der Waals surface area (Å²) in [7, 11) is 0. The molecule has 0 aromatic heterocycles. The Kier molecular flexibility index (Phi) is 1.46. The number of piperidine rings is 1. The van der Waals surface area contributed by atoms with Crippen molar-refractivity contribution >= 4 is 0 Å². The van der Waals surface area contributed by atoms with Crippen LogP contribution in [0.3, 0.4) is 0 Å². The Hall–Kier alpha value is -0.0800. The zero-order valence-electron chi connectivity index (χ0n) is 6.72. The maximum Gasteiger partial charge on any atom is 0.0158 e. The van der Waals surface area contributed by atoms with E-state index in [4.69, 9.17) is 0 Å². The maximum atomic E-state index is 3.58. The zero-order chi connectivity index (χ0) is 7.14. The van der Waals surface area contributed by atoms with E-state index >= 15 is 0 Å². The zero-order valence-corrected chi connectivity index (χ0v) is 6.72. The highest BCUT2D eigenvalue weighted by atomic mass is 15.1. The number of hydrogen-bond donors (Lipinski definition) is 2. The first-order valence-corrected chi connectivity index (χ1v) is 4.26. The molecule has 1 aliphatic heterocycles. The predicted octanol–water partition coefficient (Wildman–Crippen LogP) is 0.202. The molecule has 10 heavy (non-hydrogen) atoms.